The van der Waals surface area contributed by atoms with E-state index in [1.54, 1.807) is 0 Å². The molecule has 2 fully saturated rings. The molecule has 0 aromatic carbocycles. The third-order valence-electron chi connectivity index (χ3n) is 4.24. The molecule has 0 aliphatic heterocycles. The number of unbranched alkanes of at least 4 members (excludes halogenated alkanes) is 2. The van der Waals surface area contributed by atoms with Gasteiger partial charge in [0.15, 0.2) is 5.96 Å². The van der Waals surface area contributed by atoms with Gasteiger partial charge < -0.3 is 15.4 Å². The van der Waals surface area contributed by atoms with Crippen molar-refractivity contribution in [3.8, 4) is 0 Å². The van der Waals surface area contributed by atoms with E-state index in [4.69, 9.17) is 4.74 Å². The first-order chi connectivity index (χ1) is 10.4. The summed E-state index contributed by atoms with van der Waals surface area (Å²) in [6.07, 6.45) is 13.4. The van der Waals surface area contributed by atoms with Gasteiger partial charge in [0, 0.05) is 25.7 Å². The molecule has 4 nitrogen and oxygen atoms in total. The summed E-state index contributed by atoms with van der Waals surface area (Å²) in [5.41, 5.74) is 0. The molecule has 0 spiro atoms. The van der Waals surface area contributed by atoms with Gasteiger partial charge in [-0.3, -0.25) is 4.99 Å². The van der Waals surface area contributed by atoms with Crippen LogP contribution in [0.25, 0.3) is 0 Å². The second-order valence-corrected chi connectivity index (χ2v) is 6.37. The number of rotatable bonds is 9. The number of hydrogen-bond acceptors (Lipinski definition) is 2. The van der Waals surface area contributed by atoms with Gasteiger partial charge in [0.1, 0.15) is 0 Å². The van der Waals surface area contributed by atoms with Crippen molar-refractivity contribution in [1.29, 1.82) is 0 Å². The lowest BCUT2D eigenvalue weighted by atomic mass is 9.98. The first-order valence-corrected chi connectivity index (χ1v) is 9.05. The van der Waals surface area contributed by atoms with Crippen molar-refractivity contribution in [3.05, 3.63) is 0 Å². The summed E-state index contributed by atoms with van der Waals surface area (Å²) in [6.45, 7) is 4.92. The van der Waals surface area contributed by atoms with Gasteiger partial charge in [-0.25, -0.2) is 0 Å². The predicted octanol–water partition coefficient (Wildman–Crippen LogP) is 3.22. The highest BCUT2D eigenvalue weighted by Crippen LogP contribution is 2.20. The average Bonchev–Trinajstić information content (AvgIpc) is 3.31. The number of nitrogens with zero attached hydrogens (tertiary/aromatic N) is 1. The van der Waals surface area contributed by atoms with Crippen LogP contribution in [0, 0.1) is 0 Å². The average molecular weight is 295 g/mol. The van der Waals surface area contributed by atoms with Crippen LogP contribution < -0.4 is 10.6 Å². The molecule has 2 saturated carbocycles. The zero-order valence-electron chi connectivity index (χ0n) is 13.7. The highest BCUT2D eigenvalue weighted by Gasteiger charge is 2.21. The summed E-state index contributed by atoms with van der Waals surface area (Å²) < 4.78 is 5.95. The standard InChI is InChI=1S/C17H33N3O/c1-2-18-17(20-15-11-12-15)19-13-7-4-8-14-21-16-9-5-3-6-10-16/h15-16H,2-14H2,1H3,(H2,18,19,20). The van der Waals surface area contributed by atoms with E-state index in [9.17, 15) is 0 Å². The number of aliphatic imine (C=N–C) groups is 1. The Morgan fingerprint density at radius 2 is 1.86 bits per heavy atom. The van der Waals surface area contributed by atoms with Crippen molar-refractivity contribution in [2.45, 2.75) is 83.3 Å². The van der Waals surface area contributed by atoms with Crippen LogP contribution >= 0.6 is 0 Å². The molecule has 2 rings (SSSR count). The Hall–Kier alpha value is -0.770. The Labute approximate surface area is 130 Å². The van der Waals surface area contributed by atoms with E-state index in [1.165, 1.54) is 57.8 Å². The quantitative estimate of drug-likeness (QED) is 0.390. The molecule has 0 amide bonds. The maximum atomic E-state index is 5.95. The minimum absolute atomic E-state index is 0.555. The van der Waals surface area contributed by atoms with Crippen LogP contribution in [0.5, 0.6) is 0 Å². The number of guanidine groups is 1. The number of ether oxygens (including phenoxy) is 1. The van der Waals surface area contributed by atoms with Crippen molar-refractivity contribution in [3.63, 3.8) is 0 Å². The van der Waals surface area contributed by atoms with Crippen LogP contribution in [-0.4, -0.2) is 37.8 Å². The van der Waals surface area contributed by atoms with E-state index < -0.39 is 0 Å². The van der Waals surface area contributed by atoms with Crippen molar-refractivity contribution < 1.29 is 4.74 Å². The van der Waals surface area contributed by atoms with E-state index >= 15 is 0 Å². The van der Waals surface area contributed by atoms with Crippen molar-refractivity contribution in [2.75, 3.05) is 19.7 Å². The fourth-order valence-electron chi connectivity index (χ4n) is 2.80. The molecule has 0 atom stereocenters. The molecule has 0 bridgehead atoms. The molecule has 0 aromatic rings. The minimum atomic E-state index is 0.555. The molecule has 0 radical (unpaired) electrons. The van der Waals surface area contributed by atoms with Crippen molar-refractivity contribution in [2.24, 2.45) is 4.99 Å². The van der Waals surface area contributed by atoms with Crippen LogP contribution in [-0.2, 0) is 4.74 Å². The molecule has 0 aromatic heterocycles. The van der Waals surface area contributed by atoms with Gasteiger partial charge in [-0.2, -0.15) is 0 Å². The lowest BCUT2D eigenvalue weighted by molar-refractivity contribution is 0.0264. The van der Waals surface area contributed by atoms with Gasteiger partial charge >= 0.3 is 0 Å². The zero-order chi connectivity index (χ0) is 14.8. The van der Waals surface area contributed by atoms with Crippen molar-refractivity contribution in [1.82, 2.24) is 10.6 Å². The van der Waals surface area contributed by atoms with E-state index in [1.807, 2.05) is 0 Å². The minimum Gasteiger partial charge on any atom is -0.378 e. The fourth-order valence-corrected chi connectivity index (χ4v) is 2.80. The van der Waals surface area contributed by atoms with E-state index in [2.05, 4.69) is 22.5 Å². The number of hydrogen-bond donors (Lipinski definition) is 2. The number of nitrogens with one attached hydrogen (secondary N) is 2. The third-order valence-corrected chi connectivity index (χ3v) is 4.24. The summed E-state index contributed by atoms with van der Waals surface area (Å²) in [6, 6.07) is 0.673. The van der Waals surface area contributed by atoms with Crippen LogP contribution in [0.4, 0.5) is 0 Å². The molecule has 0 saturated heterocycles. The summed E-state index contributed by atoms with van der Waals surface area (Å²) >= 11 is 0. The van der Waals surface area contributed by atoms with E-state index in [0.717, 1.165) is 32.1 Å². The molecule has 2 aliphatic carbocycles. The van der Waals surface area contributed by atoms with E-state index in [0.29, 0.717) is 12.1 Å². The fraction of sp³-hybridized carbons (Fsp3) is 0.941. The SMILES string of the molecule is CCNC(=NCCCCCOC1CCCCC1)NC1CC1. The first-order valence-electron chi connectivity index (χ1n) is 9.05. The van der Waals surface area contributed by atoms with Crippen molar-refractivity contribution >= 4 is 5.96 Å². The summed E-state index contributed by atoms with van der Waals surface area (Å²) in [4.78, 5) is 4.63. The Morgan fingerprint density at radius 1 is 1.05 bits per heavy atom. The second-order valence-electron chi connectivity index (χ2n) is 6.37. The Balaban J connectivity index is 1.46. The van der Waals surface area contributed by atoms with Gasteiger partial charge in [0.05, 0.1) is 6.10 Å². The molecule has 2 aliphatic rings. The maximum Gasteiger partial charge on any atom is 0.191 e. The molecule has 21 heavy (non-hydrogen) atoms. The van der Waals surface area contributed by atoms with Crippen LogP contribution in [0.1, 0.15) is 71.1 Å². The van der Waals surface area contributed by atoms with Crippen LogP contribution in [0.15, 0.2) is 4.99 Å². The predicted molar refractivity (Wildman–Crippen MR) is 88.8 cm³/mol. The molecule has 0 heterocycles. The molecule has 4 heteroatoms. The Kier molecular flexibility index (Phi) is 7.94. The molecule has 0 unspecified atom stereocenters. The molecule has 2 N–H and O–H groups in total. The van der Waals surface area contributed by atoms with E-state index in [-0.39, 0.29) is 0 Å². The summed E-state index contributed by atoms with van der Waals surface area (Å²) in [7, 11) is 0. The third kappa shape index (κ3) is 7.70. The highest BCUT2D eigenvalue weighted by atomic mass is 16.5. The molecular weight excluding hydrogens is 262 g/mol. The Morgan fingerprint density at radius 3 is 2.57 bits per heavy atom. The zero-order valence-corrected chi connectivity index (χ0v) is 13.7. The van der Waals surface area contributed by atoms with Gasteiger partial charge in [-0.05, 0) is 51.9 Å². The molecule has 122 valence electrons. The summed E-state index contributed by atoms with van der Waals surface area (Å²) in [5.74, 6) is 0.999. The van der Waals surface area contributed by atoms with Gasteiger partial charge in [-0.15, -0.1) is 0 Å². The Bertz CT molecular complexity index is 296. The second kappa shape index (κ2) is 10.0. The lowest BCUT2D eigenvalue weighted by Crippen LogP contribution is -2.38. The first kappa shape index (κ1) is 16.6. The van der Waals surface area contributed by atoms with Gasteiger partial charge in [0.2, 0.25) is 0 Å². The maximum absolute atomic E-state index is 5.95. The summed E-state index contributed by atoms with van der Waals surface area (Å²) in [5, 5.41) is 6.76. The normalized spacial score (nSPS) is 20.5. The van der Waals surface area contributed by atoms with Crippen LogP contribution in [0.3, 0.4) is 0 Å². The molecular formula is C17H33N3O. The smallest absolute Gasteiger partial charge is 0.191 e. The monoisotopic (exact) mass is 295 g/mol. The highest BCUT2D eigenvalue weighted by molar-refractivity contribution is 5.80. The van der Waals surface area contributed by atoms with Crippen LogP contribution in [0.2, 0.25) is 0 Å². The van der Waals surface area contributed by atoms with Gasteiger partial charge in [0.25, 0.3) is 0 Å². The topological polar surface area (TPSA) is 45.7 Å². The largest absolute Gasteiger partial charge is 0.378 e. The van der Waals surface area contributed by atoms with Gasteiger partial charge in [-0.1, -0.05) is 19.3 Å². The lowest BCUT2D eigenvalue weighted by Gasteiger charge is -2.21.